The van der Waals surface area contributed by atoms with Gasteiger partial charge in [0.2, 0.25) is 5.78 Å². The third kappa shape index (κ3) is 4.20. The highest BCUT2D eigenvalue weighted by molar-refractivity contribution is 6.25. The number of fused-ring (bicyclic) bond motifs is 3. The van der Waals surface area contributed by atoms with Crippen LogP contribution in [0, 0.1) is 22.7 Å². The Morgan fingerprint density at radius 3 is 2.20 bits per heavy atom. The molecule has 46 heavy (non-hydrogen) atoms. The number of hydrogen-bond acceptors (Lipinski definition) is 10. The molecule has 6 N–H and O–H groups in total. The van der Waals surface area contributed by atoms with Gasteiger partial charge in [-0.25, -0.2) is 0 Å². The van der Waals surface area contributed by atoms with Crippen LogP contribution < -0.4 is 5.73 Å². The summed E-state index contributed by atoms with van der Waals surface area (Å²) >= 11 is 0. The van der Waals surface area contributed by atoms with Crippen molar-refractivity contribution in [3.05, 3.63) is 45.7 Å². The molecule has 6 atom stereocenters. The van der Waals surface area contributed by atoms with Crippen LogP contribution >= 0.6 is 0 Å². The second-order valence-electron chi connectivity index (χ2n) is 14.2. The number of nitrogens with two attached hydrogens (primary N) is 1. The number of likely N-dealkylation sites (N-methyl/N-ethyl adjacent to an activating group) is 1. The first-order valence-corrected chi connectivity index (χ1v) is 16.0. The van der Waals surface area contributed by atoms with Crippen LogP contribution in [0.2, 0.25) is 0 Å². The van der Waals surface area contributed by atoms with Crippen molar-refractivity contribution in [2.75, 3.05) is 14.1 Å². The van der Waals surface area contributed by atoms with Crippen molar-refractivity contribution in [1.29, 1.82) is 0 Å². The summed E-state index contributed by atoms with van der Waals surface area (Å²) in [4.78, 5) is 69.6. The molecule has 1 amide bonds. The van der Waals surface area contributed by atoms with Gasteiger partial charge >= 0.3 is 0 Å². The fraction of sp³-hybridized carbons (Fsp3) is 0.571. The monoisotopic (exact) mass is 636 g/mol. The van der Waals surface area contributed by atoms with Crippen molar-refractivity contribution in [1.82, 2.24) is 4.90 Å². The van der Waals surface area contributed by atoms with Gasteiger partial charge in [-0.15, -0.1) is 0 Å². The highest BCUT2D eigenvalue weighted by Crippen LogP contribution is 2.70. The molecule has 0 saturated heterocycles. The molecule has 11 heteroatoms. The van der Waals surface area contributed by atoms with E-state index >= 15 is 0 Å². The molecule has 0 aromatic heterocycles. The molecule has 0 unspecified atom stereocenters. The summed E-state index contributed by atoms with van der Waals surface area (Å²) < 4.78 is 0. The quantitative estimate of drug-likeness (QED) is 0.264. The van der Waals surface area contributed by atoms with E-state index in [0.717, 1.165) is 25.7 Å². The number of benzene rings is 1. The topological polar surface area (TPSA) is 196 Å². The van der Waals surface area contributed by atoms with Gasteiger partial charge in [0.25, 0.3) is 5.91 Å². The Morgan fingerprint density at radius 2 is 1.65 bits per heavy atom. The summed E-state index contributed by atoms with van der Waals surface area (Å²) in [7, 11) is 3.04. The Balaban J connectivity index is 1.87. The van der Waals surface area contributed by atoms with Crippen LogP contribution in [-0.2, 0) is 30.4 Å². The van der Waals surface area contributed by atoms with Crippen molar-refractivity contribution in [2.45, 2.75) is 90.2 Å². The second-order valence-corrected chi connectivity index (χ2v) is 14.2. The van der Waals surface area contributed by atoms with Gasteiger partial charge in [-0.1, -0.05) is 46.6 Å². The third-order valence-corrected chi connectivity index (χ3v) is 11.8. The lowest BCUT2D eigenvalue weighted by atomic mass is 9.38. The van der Waals surface area contributed by atoms with E-state index in [0.29, 0.717) is 11.1 Å². The summed E-state index contributed by atoms with van der Waals surface area (Å²) in [6.45, 7) is 6.56. The molecule has 0 heterocycles. The fourth-order valence-corrected chi connectivity index (χ4v) is 9.42. The summed E-state index contributed by atoms with van der Waals surface area (Å²) in [6.07, 6.45) is 3.37. The van der Waals surface area contributed by atoms with Gasteiger partial charge < -0.3 is 26.2 Å². The standard InChI is InChI=1S/C35H44N2O9/c1-7-19(38)15-22-33(3)16(2)23-18(14-21(40)17-10-8-9-11-17)12-13-20(39)24(23)27(41)26(33)31(44)35(46)30(43)25(32(36)45)28(42)29(37(5)6)34(22,35)4/h12-13,16-17,22,29,39,41,43,46H,7-11,14-15H2,1-6H3,(H2,36,45)/t16-,22-,29+,33-,34-,35+/m0/s1. The van der Waals surface area contributed by atoms with Crippen molar-refractivity contribution >= 4 is 34.8 Å². The lowest BCUT2D eigenvalue weighted by Gasteiger charge is -2.65. The average Bonchev–Trinajstić information content (AvgIpc) is 3.52. The Kier molecular flexibility index (Phi) is 8.13. The molecular weight excluding hydrogens is 592 g/mol. The van der Waals surface area contributed by atoms with E-state index in [9.17, 15) is 44.4 Å². The summed E-state index contributed by atoms with van der Waals surface area (Å²) in [5.41, 5.74) is -1.22. The van der Waals surface area contributed by atoms with E-state index in [1.54, 1.807) is 26.8 Å². The first kappa shape index (κ1) is 33.5. The molecule has 1 aromatic rings. The van der Waals surface area contributed by atoms with Crippen LogP contribution in [0.1, 0.15) is 88.8 Å². The minimum atomic E-state index is -2.97. The number of Topliss-reactive ketones (excluding diaryl/α,β-unsaturated/α-hetero) is 4. The van der Waals surface area contributed by atoms with E-state index in [1.165, 1.54) is 32.0 Å². The number of phenols is 1. The van der Waals surface area contributed by atoms with Crippen molar-refractivity contribution < 1.29 is 44.4 Å². The number of rotatable bonds is 8. The number of nitrogens with zero attached hydrogens (tertiary/aromatic N) is 1. The molecule has 11 nitrogen and oxygen atoms in total. The second kappa shape index (κ2) is 11.2. The van der Waals surface area contributed by atoms with Gasteiger partial charge in [0.1, 0.15) is 34.4 Å². The SMILES string of the molecule is CCC(=O)C[C@H]1[C@@]2(C)C(=C(O)c3c(O)ccc(CC(=O)C4CCCC4)c3[C@@H]2C)C(=O)[C@]2(O)C(O)=C(C(N)=O)C(=O)[C@@H](N(C)C)[C@]12C. The maximum Gasteiger partial charge on any atom is 0.255 e. The van der Waals surface area contributed by atoms with Crippen LogP contribution in [0.5, 0.6) is 5.75 Å². The molecule has 0 spiro atoms. The number of amides is 1. The first-order valence-electron chi connectivity index (χ1n) is 16.0. The molecule has 4 aliphatic rings. The number of aliphatic hydroxyl groups is 3. The number of ketones is 4. The smallest absolute Gasteiger partial charge is 0.255 e. The minimum Gasteiger partial charge on any atom is -0.508 e. The molecule has 2 fully saturated rings. The number of aromatic hydroxyl groups is 1. The Bertz CT molecular complexity index is 1630. The molecule has 0 radical (unpaired) electrons. The number of carbonyl (C=O) groups excluding carboxylic acids is 5. The zero-order valence-corrected chi connectivity index (χ0v) is 27.3. The van der Waals surface area contributed by atoms with E-state index in [2.05, 4.69) is 0 Å². The number of primary amides is 1. The Morgan fingerprint density at radius 1 is 1.04 bits per heavy atom. The summed E-state index contributed by atoms with van der Waals surface area (Å²) in [5.74, 6) is -7.83. The van der Waals surface area contributed by atoms with Gasteiger partial charge in [0, 0.05) is 41.6 Å². The first-order chi connectivity index (χ1) is 21.4. The van der Waals surface area contributed by atoms with Crippen LogP contribution in [0.25, 0.3) is 5.76 Å². The average molecular weight is 637 g/mol. The van der Waals surface area contributed by atoms with Crippen LogP contribution in [0.4, 0.5) is 0 Å². The highest BCUT2D eigenvalue weighted by atomic mass is 16.4. The normalized spacial score (nSPS) is 32.8. The number of carbonyl (C=O) groups is 5. The van der Waals surface area contributed by atoms with Crippen LogP contribution in [0.15, 0.2) is 29.0 Å². The number of aliphatic hydroxyl groups excluding tert-OH is 2. The Labute approximate surface area is 268 Å². The fourth-order valence-electron chi connectivity index (χ4n) is 9.42. The Hall–Kier alpha value is -3.83. The molecule has 0 aliphatic heterocycles. The van der Waals surface area contributed by atoms with Gasteiger partial charge in [0.15, 0.2) is 11.4 Å². The molecule has 2 saturated carbocycles. The van der Waals surface area contributed by atoms with Gasteiger partial charge in [-0.05, 0) is 56.0 Å². The van der Waals surface area contributed by atoms with Crippen LogP contribution in [0.3, 0.4) is 0 Å². The maximum atomic E-state index is 14.8. The van der Waals surface area contributed by atoms with Crippen molar-refractivity contribution in [2.24, 2.45) is 28.4 Å². The van der Waals surface area contributed by atoms with Crippen molar-refractivity contribution in [3.8, 4) is 5.75 Å². The molecule has 1 aromatic carbocycles. The molecule has 5 rings (SSSR count). The predicted octanol–water partition coefficient (Wildman–Crippen LogP) is 3.20. The third-order valence-electron chi connectivity index (χ3n) is 11.8. The van der Waals surface area contributed by atoms with E-state index in [4.69, 9.17) is 5.73 Å². The van der Waals surface area contributed by atoms with E-state index in [-0.39, 0.29) is 53.6 Å². The van der Waals surface area contributed by atoms with Gasteiger partial charge in [-0.2, -0.15) is 0 Å². The zero-order valence-electron chi connectivity index (χ0n) is 27.3. The predicted molar refractivity (Wildman–Crippen MR) is 168 cm³/mol. The highest BCUT2D eigenvalue weighted by Gasteiger charge is 2.77. The summed E-state index contributed by atoms with van der Waals surface area (Å²) in [6, 6.07) is 1.57. The minimum absolute atomic E-state index is 0.0360. The maximum absolute atomic E-state index is 14.8. The zero-order chi connectivity index (χ0) is 34.3. The lowest BCUT2D eigenvalue weighted by Crippen LogP contribution is -2.76. The number of phenolic OH excluding ortho intramolecular Hbond substituents is 1. The number of hydrogen-bond donors (Lipinski definition) is 5. The largest absolute Gasteiger partial charge is 0.508 e. The molecular formula is C35H44N2O9. The van der Waals surface area contributed by atoms with Gasteiger partial charge in [0.05, 0.1) is 11.6 Å². The van der Waals surface area contributed by atoms with Crippen molar-refractivity contribution in [3.63, 3.8) is 0 Å². The molecule has 0 bridgehead atoms. The molecule has 4 aliphatic carbocycles. The lowest BCUT2D eigenvalue weighted by molar-refractivity contribution is -0.196. The van der Waals surface area contributed by atoms with E-state index < -0.39 is 68.9 Å². The van der Waals surface area contributed by atoms with Gasteiger partial charge in [-0.3, -0.25) is 28.9 Å². The summed E-state index contributed by atoms with van der Waals surface area (Å²) in [5, 5.41) is 47.2. The molecule has 248 valence electrons. The van der Waals surface area contributed by atoms with E-state index in [1.807, 2.05) is 0 Å². The van der Waals surface area contributed by atoms with Crippen LogP contribution in [-0.4, -0.2) is 80.1 Å².